The number of alkyl halides is 6. The summed E-state index contributed by atoms with van der Waals surface area (Å²) in [6.45, 7) is 0. The van der Waals surface area contributed by atoms with E-state index in [2.05, 4.69) is 0 Å². The van der Waals surface area contributed by atoms with Crippen LogP contribution in [0.4, 0.5) is 26.3 Å². The van der Waals surface area contributed by atoms with Crippen molar-refractivity contribution in [2.75, 3.05) is 0 Å². The van der Waals surface area contributed by atoms with Gasteiger partial charge in [-0.3, -0.25) is 0 Å². The van der Waals surface area contributed by atoms with Gasteiger partial charge < -0.3 is 5.11 Å². The second kappa shape index (κ2) is 4.66. The fourth-order valence-corrected chi connectivity index (χ4v) is 2.09. The zero-order chi connectivity index (χ0) is 13.3. The molecule has 0 spiro atoms. The molecule has 1 fully saturated rings. The Morgan fingerprint density at radius 3 is 1.65 bits per heavy atom. The van der Waals surface area contributed by atoms with Crippen LogP contribution < -0.4 is 0 Å². The van der Waals surface area contributed by atoms with Gasteiger partial charge in [0.2, 0.25) is 0 Å². The third kappa shape index (κ3) is 2.86. The van der Waals surface area contributed by atoms with Crippen molar-refractivity contribution in [3.05, 3.63) is 0 Å². The molecule has 0 aromatic rings. The fraction of sp³-hybridized carbons (Fsp3) is 1.00. The molecule has 7 heteroatoms. The molecular weight excluding hydrogens is 250 g/mol. The maximum absolute atomic E-state index is 13.4. The third-order valence-electron chi connectivity index (χ3n) is 3.16. The zero-order valence-electron chi connectivity index (χ0n) is 9.03. The Morgan fingerprint density at radius 1 is 0.882 bits per heavy atom. The lowest BCUT2D eigenvalue weighted by atomic mass is 9.84. The summed E-state index contributed by atoms with van der Waals surface area (Å²) in [5, 5.41) is 9.62. The van der Waals surface area contributed by atoms with E-state index in [1.807, 2.05) is 0 Å². The van der Waals surface area contributed by atoms with Crippen LogP contribution in [0, 0.1) is 0 Å². The van der Waals surface area contributed by atoms with Gasteiger partial charge in [-0.1, -0.05) is 25.7 Å². The topological polar surface area (TPSA) is 20.2 Å². The molecular formula is C10H14F6O. The molecule has 1 unspecified atom stereocenters. The van der Waals surface area contributed by atoms with Crippen LogP contribution in [0.1, 0.15) is 38.5 Å². The molecule has 1 aliphatic rings. The van der Waals surface area contributed by atoms with Gasteiger partial charge in [0.15, 0.2) is 0 Å². The Hall–Kier alpha value is -0.460. The van der Waals surface area contributed by atoms with Crippen molar-refractivity contribution in [2.45, 2.75) is 62.4 Å². The molecule has 0 amide bonds. The predicted molar refractivity (Wildman–Crippen MR) is 48.5 cm³/mol. The molecule has 0 bridgehead atoms. The highest BCUT2D eigenvalue weighted by atomic mass is 19.4. The van der Waals surface area contributed by atoms with Crippen LogP contribution >= 0.6 is 0 Å². The van der Waals surface area contributed by atoms with E-state index in [1.54, 1.807) is 0 Å². The first-order valence-corrected chi connectivity index (χ1v) is 5.42. The summed E-state index contributed by atoms with van der Waals surface area (Å²) in [5.41, 5.74) is -2.89. The molecule has 0 aliphatic heterocycles. The molecule has 0 saturated heterocycles. The zero-order valence-corrected chi connectivity index (χ0v) is 9.03. The van der Waals surface area contributed by atoms with Gasteiger partial charge in [-0.05, 0) is 12.8 Å². The van der Waals surface area contributed by atoms with Crippen molar-refractivity contribution in [3.63, 3.8) is 0 Å². The van der Waals surface area contributed by atoms with Crippen molar-refractivity contribution < 1.29 is 31.4 Å². The lowest BCUT2D eigenvalue weighted by Crippen LogP contribution is -2.57. The highest BCUT2D eigenvalue weighted by molar-refractivity contribution is 5.00. The summed E-state index contributed by atoms with van der Waals surface area (Å²) in [6, 6.07) is 0. The Kier molecular flexibility index (Phi) is 4.01. The summed E-state index contributed by atoms with van der Waals surface area (Å²) in [7, 11) is 0. The van der Waals surface area contributed by atoms with Gasteiger partial charge in [0.25, 0.3) is 6.17 Å². The lowest BCUT2D eigenvalue weighted by Gasteiger charge is -2.37. The molecule has 0 aromatic carbocycles. The van der Waals surface area contributed by atoms with Gasteiger partial charge >= 0.3 is 12.1 Å². The molecule has 1 aliphatic carbocycles. The molecule has 0 heterocycles. The van der Waals surface area contributed by atoms with Crippen LogP contribution in [0.2, 0.25) is 0 Å². The normalized spacial score (nSPS) is 24.2. The van der Waals surface area contributed by atoms with E-state index in [-0.39, 0.29) is 12.8 Å². The van der Waals surface area contributed by atoms with E-state index in [0.717, 1.165) is 0 Å². The smallest absolute Gasteiger partial charge is 0.383 e. The summed E-state index contributed by atoms with van der Waals surface area (Å²) in [6.07, 6.45) is -9.52. The first-order chi connectivity index (χ1) is 7.61. The van der Waals surface area contributed by atoms with Crippen molar-refractivity contribution in [3.8, 4) is 0 Å². The van der Waals surface area contributed by atoms with Gasteiger partial charge in [0.1, 0.15) is 5.60 Å². The Labute approximate surface area is 94.8 Å². The first kappa shape index (κ1) is 14.6. The lowest BCUT2D eigenvalue weighted by molar-refractivity contribution is -0.295. The summed E-state index contributed by atoms with van der Waals surface area (Å²) >= 11 is 0. The molecule has 102 valence electrons. The molecule has 1 atom stereocenters. The van der Waals surface area contributed by atoms with Crippen LogP contribution in [0.15, 0.2) is 0 Å². The van der Waals surface area contributed by atoms with Crippen LogP contribution in [0.5, 0.6) is 0 Å². The van der Waals surface area contributed by atoms with Gasteiger partial charge in [0, 0.05) is 0 Å². The van der Waals surface area contributed by atoms with Crippen molar-refractivity contribution in [1.82, 2.24) is 0 Å². The van der Waals surface area contributed by atoms with Gasteiger partial charge in [-0.25, -0.2) is 4.39 Å². The van der Waals surface area contributed by atoms with Crippen LogP contribution in [-0.4, -0.2) is 29.0 Å². The van der Waals surface area contributed by atoms with Gasteiger partial charge in [-0.15, -0.1) is 0 Å². The third-order valence-corrected chi connectivity index (χ3v) is 3.16. The molecule has 1 nitrogen and oxygen atoms in total. The largest absolute Gasteiger partial charge is 0.425 e. The Balaban J connectivity index is 2.93. The quantitative estimate of drug-likeness (QED) is 0.596. The highest BCUT2D eigenvalue weighted by Gasteiger charge is 2.66. The van der Waals surface area contributed by atoms with E-state index in [4.69, 9.17) is 0 Å². The second-order valence-corrected chi connectivity index (χ2v) is 4.47. The number of halogens is 6. The molecule has 1 N–H and O–H groups in total. The second-order valence-electron chi connectivity index (χ2n) is 4.47. The number of hydrogen-bond acceptors (Lipinski definition) is 1. The van der Waals surface area contributed by atoms with Crippen LogP contribution in [0.3, 0.4) is 0 Å². The standard InChI is InChI=1S/C10H14F6O/c11-7(10(14,15)16)9(12,13)8(17)5-3-1-2-4-6-8/h7,17H,1-6H2. The van der Waals surface area contributed by atoms with Crippen LogP contribution in [-0.2, 0) is 0 Å². The number of aliphatic hydroxyl groups is 1. The maximum atomic E-state index is 13.4. The molecule has 1 rings (SSSR count). The SMILES string of the molecule is OC1(C(F)(F)C(F)C(F)(F)F)CCCCCC1. The minimum absolute atomic E-state index is 0.177. The van der Waals surface area contributed by atoms with E-state index in [9.17, 15) is 31.4 Å². The monoisotopic (exact) mass is 264 g/mol. The average molecular weight is 264 g/mol. The molecule has 17 heavy (non-hydrogen) atoms. The van der Waals surface area contributed by atoms with E-state index in [0.29, 0.717) is 12.8 Å². The predicted octanol–water partition coefficient (Wildman–Crippen LogP) is 3.61. The number of hydrogen-bond donors (Lipinski definition) is 1. The van der Waals surface area contributed by atoms with E-state index >= 15 is 0 Å². The highest BCUT2D eigenvalue weighted by Crippen LogP contribution is 2.46. The van der Waals surface area contributed by atoms with Crippen molar-refractivity contribution in [2.24, 2.45) is 0 Å². The van der Waals surface area contributed by atoms with E-state index < -0.39 is 36.7 Å². The van der Waals surface area contributed by atoms with Crippen molar-refractivity contribution in [1.29, 1.82) is 0 Å². The van der Waals surface area contributed by atoms with Crippen molar-refractivity contribution >= 4 is 0 Å². The maximum Gasteiger partial charge on any atom is 0.425 e. The average Bonchev–Trinajstić information content (AvgIpc) is 2.41. The molecule has 1 saturated carbocycles. The minimum Gasteiger partial charge on any atom is -0.383 e. The Bertz CT molecular complexity index is 254. The minimum atomic E-state index is -5.66. The molecule has 0 aromatic heterocycles. The summed E-state index contributed by atoms with van der Waals surface area (Å²) in [4.78, 5) is 0. The first-order valence-electron chi connectivity index (χ1n) is 5.42. The van der Waals surface area contributed by atoms with Gasteiger partial charge in [0.05, 0.1) is 0 Å². The summed E-state index contributed by atoms with van der Waals surface area (Å²) in [5.74, 6) is -4.80. The van der Waals surface area contributed by atoms with E-state index in [1.165, 1.54) is 0 Å². The summed E-state index contributed by atoms with van der Waals surface area (Å²) < 4.78 is 75.7. The van der Waals surface area contributed by atoms with Crippen LogP contribution in [0.25, 0.3) is 0 Å². The number of rotatable bonds is 2. The fourth-order valence-electron chi connectivity index (χ4n) is 2.09. The molecule has 0 radical (unpaired) electrons. The van der Waals surface area contributed by atoms with Gasteiger partial charge in [-0.2, -0.15) is 22.0 Å². The Morgan fingerprint density at radius 2 is 1.29 bits per heavy atom.